The normalized spacial score (nSPS) is 10.5. The fourth-order valence-corrected chi connectivity index (χ4v) is 2.72. The summed E-state index contributed by atoms with van der Waals surface area (Å²) in [6.45, 7) is 8.18. The summed E-state index contributed by atoms with van der Waals surface area (Å²) in [6, 6.07) is 14.3. The highest BCUT2D eigenvalue weighted by Crippen LogP contribution is 2.32. The van der Waals surface area contributed by atoms with E-state index in [1.165, 1.54) is 6.07 Å². The van der Waals surface area contributed by atoms with E-state index in [0.29, 0.717) is 16.9 Å². The minimum Gasteiger partial charge on any atom is -0.318 e. The van der Waals surface area contributed by atoms with Crippen molar-refractivity contribution in [3.63, 3.8) is 0 Å². The largest absolute Gasteiger partial charge is 0.318 e. The summed E-state index contributed by atoms with van der Waals surface area (Å²) in [6.07, 6.45) is 0. The Bertz CT molecular complexity index is 838. The van der Waals surface area contributed by atoms with Crippen LogP contribution in [0.1, 0.15) is 56.2 Å². The van der Waals surface area contributed by atoms with Crippen LogP contribution in [0.4, 0.5) is 11.4 Å². The van der Waals surface area contributed by atoms with Crippen molar-refractivity contribution in [3.8, 4) is 6.07 Å². The van der Waals surface area contributed by atoms with E-state index in [2.05, 4.69) is 10.6 Å². The zero-order valence-electron chi connectivity index (χ0n) is 15.5. The molecule has 134 valence electrons. The summed E-state index contributed by atoms with van der Waals surface area (Å²) in [5.41, 5.74) is 3.50. The molecule has 0 aliphatic heterocycles. The number of nitrogens with zero attached hydrogens (tertiary/aromatic N) is 1. The molecule has 2 aromatic carbocycles. The van der Waals surface area contributed by atoms with Gasteiger partial charge in [0.05, 0.1) is 11.6 Å². The summed E-state index contributed by atoms with van der Waals surface area (Å²) in [5.74, 6) is -1.09. The lowest BCUT2D eigenvalue weighted by Crippen LogP contribution is -2.30. The van der Waals surface area contributed by atoms with Gasteiger partial charge in [0.1, 0.15) is 0 Å². The van der Waals surface area contributed by atoms with Crippen molar-refractivity contribution in [1.82, 2.24) is 0 Å². The van der Waals surface area contributed by atoms with E-state index < -0.39 is 11.8 Å². The Morgan fingerprint density at radius 1 is 0.885 bits per heavy atom. The van der Waals surface area contributed by atoms with Crippen LogP contribution in [-0.2, 0) is 9.59 Å². The summed E-state index contributed by atoms with van der Waals surface area (Å²) in [5, 5.41) is 14.2. The third-order valence-electron chi connectivity index (χ3n) is 4.07. The number of para-hydroxylation sites is 1. The van der Waals surface area contributed by atoms with Crippen LogP contribution in [0, 0.1) is 11.3 Å². The monoisotopic (exact) mass is 349 g/mol. The molecular weight excluding hydrogens is 326 g/mol. The van der Waals surface area contributed by atoms with Gasteiger partial charge in [-0.05, 0) is 41.2 Å². The summed E-state index contributed by atoms with van der Waals surface area (Å²) < 4.78 is 0. The molecule has 0 aliphatic rings. The highest BCUT2D eigenvalue weighted by Gasteiger charge is 2.20. The molecule has 0 unspecified atom stereocenters. The maximum Gasteiger partial charge on any atom is 0.314 e. The number of nitriles is 1. The van der Waals surface area contributed by atoms with Gasteiger partial charge in [-0.15, -0.1) is 0 Å². The molecule has 0 bridgehead atoms. The van der Waals surface area contributed by atoms with E-state index in [9.17, 15) is 9.59 Å². The van der Waals surface area contributed by atoms with E-state index in [-0.39, 0.29) is 11.8 Å². The van der Waals surface area contributed by atoms with Gasteiger partial charge in [0.25, 0.3) is 0 Å². The van der Waals surface area contributed by atoms with Crippen LogP contribution in [0.15, 0.2) is 42.5 Å². The molecule has 0 fully saturated rings. The molecule has 5 heteroatoms. The predicted octanol–water partition coefficient (Wildman–Crippen LogP) is 4.38. The predicted molar refractivity (Wildman–Crippen MR) is 103 cm³/mol. The van der Waals surface area contributed by atoms with Gasteiger partial charge in [-0.2, -0.15) is 5.26 Å². The van der Waals surface area contributed by atoms with Crippen molar-refractivity contribution in [1.29, 1.82) is 5.26 Å². The van der Waals surface area contributed by atoms with Crippen LogP contribution in [0.5, 0.6) is 0 Å². The Balaban J connectivity index is 2.23. The Kier molecular flexibility index (Phi) is 6.13. The standard InChI is InChI=1S/C21H23N3O2/c1-13(2)17-9-6-10-18(14(3)4)19(17)24-21(26)20(25)23-16-8-5-7-15(11-16)12-22/h5-11,13-14H,1-4H3,(H,23,25)(H,24,26). The second-order valence-corrected chi connectivity index (χ2v) is 6.72. The van der Waals surface area contributed by atoms with E-state index in [1.807, 2.05) is 52.0 Å². The van der Waals surface area contributed by atoms with Gasteiger partial charge in [0.2, 0.25) is 0 Å². The first-order valence-corrected chi connectivity index (χ1v) is 8.58. The van der Waals surface area contributed by atoms with Crippen LogP contribution in [0.25, 0.3) is 0 Å². The maximum atomic E-state index is 12.4. The number of nitrogens with one attached hydrogen (secondary N) is 2. The maximum absolute atomic E-state index is 12.4. The number of amides is 2. The Morgan fingerprint density at radius 3 is 1.96 bits per heavy atom. The van der Waals surface area contributed by atoms with Crippen LogP contribution < -0.4 is 10.6 Å². The van der Waals surface area contributed by atoms with Gasteiger partial charge < -0.3 is 10.6 Å². The van der Waals surface area contributed by atoms with Crippen molar-refractivity contribution in [2.24, 2.45) is 0 Å². The Hall–Kier alpha value is -3.13. The zero-order chi connectivity index (χ0) is 19.3. The van der Waals surface area contributed by atoms with Crippen LogP contribution >= 0.6 is 0 Å². The summed E-state index contributed by atoms with van der Waals surface area (Å²) >= 11 is 0. The molecule has 0 spiro atoms. The van der Waals surface area contributed by atoms with Crippen molar-refractivity contribution in [2.75, 3.05) is 10.6 Å². The molecule has 2 N–H and O–H groups in total. The second-order valence-electron chi connectivity index (χ2n) is 6.72. The quantitative estimate of drug-likeness (QED) is 0.804. The van der Waals surface area contributed by atoms with E-state index in [1.54, 1.807) is 18.2 Å². The van der Waals surface area contributed by atoms with Crippen LogP contribution in [0.3, 0.4) is 0 Å². The molecule has 0 aliphatic carbocycles. The van der Waals surface area contributed by atoms with Crippen molar-refractivity contribution < 1.29 is 9.59 Å². The highest BCUT2D eigenvalue weighted by atomic mass is 16.2. The number of anilines is 2. The van der Waals surface area contributed by atoms with Crippen LogP contribution in [-0.4, -0.2) is 11.8 Å². The Labute approximate surface area is 154 Å². The molecule has 0 saturated heterocycles. The molecular formula is C21H23N3O2. The van der Waals surface area contributed by atoms with E-state index in [0.717, 1.165) is 11.1 Å². The van der Waals surface area contributed by atoms with Gasteiger partial charge in [-0.3, -0.25) is 9.59 Å². The molecule has 0 saturated carbocycles. The smallest absolute Gasteiger partial charge is 0.314 e. The van der Waals surface area contributed by atoms with Gasteiger partial charge in [0.15, 0.2) is 0 Å². The van der Waals surface area contributed by atoms with Crippen molar-refractivity contribution >= 4 is 23.2 Å². The number of carbonyl (C=O) groups is 2. The third-order valence-corrected chi connectivity index (χ3v) is 4.07. The first-order valence-electron chi connectivity index (χ1n) is 8.58. The average Bonchev–Trinajstić information content (AvgIpc) is 2.61. The topological polar surface area (TPSA) is 82.0 Å². The van der Waals surface area contributed by atoms with Crippen molar-refractivity contribution in [3.05, 3.63) is 59.2 Å². The molecule has 2 amide bonds. The van der Waals surface area contributed by atoms with E-state index in [4.69, 9.17) is 5.26 Å². The summed E-state index contributed by atoms with van der Waals surface area (Å²) in [7, 11) is 0. The molecule has 26 heavy (non-hydrogen) atoms. The fraction of sp³-hybridized carbons (Fsp3) is 0.286. The molecule has 0 heterocycles. The Morgan fingerprint density at radius 2 is 1.42 bits per heavy atom. The minimum atomic E-state index is -0.770. The summed E-state index contributed by atoms with van der Waals surface area (Å²) in [4.78, 5) is 24.7. The number of carbonyl (C=O) groups excluding carboxylic acids is 2. The SMILES string of the molecule is CC(C)c1cccc(C(C)C)c1NC(=O)C(=O)Nc1cccc(C#N)c1. The lowest BCUT2D eigenvalue weighted by molar-refractivity contribution is -0.133. The van der Waals surface area contributed by atoms with Gasteiger partial charge in [-0.25, -0.2) is 0 Å². The molecule has 0 radical (unpaired) electrons. The fourth-order valence-electron chi connectivity index (χ4n) is 2.72. The van der Waals surface area contributed by atoms with Gasteiger partial charge in [0, 0.05) is 11.4 Å². The third kappa shape index (κ3) is 4.48. The molecule has 0 aromatic heterocycles. The molecule has 2 rings (SSSR count). The van der Waals surface area contributed by atoms with Crippen molar-refractivity contribution in [2.45, 2.75) is 39.5 Å². The van der Waals surface area contributed by atoms with E-state index >= 15 is 0 Å². The second kappa shape index (κ2) is 8.30. The first kappa shape index (κ1) is 19.2. The number of hydrogen-bond acceptors (Lipinski definition) is 3. The lowest BCUT2D eigenvalue weighted by Gasteiger charge is -2.20. The van der Waals surface area contributed by atoms with Gasteiger partial charge >= 0.3 is 11.8 Å². The molecule has 2 aromatic rings. The number of hydrogen-bond donors (Lipinski definition) is 2. The first-order chi connectivity index (χ1) is 12.3. The lowest BCUT2D eigenvalue weighted by atomic mass is 9.92. The zero-order valence-corrected chi connectivity index (χ0v) is 15.5. The van der Waals surface area contributed by atoms with Crippen LogP contribution in [0.2, 0.25) is 0 Å². The number of benzene rings is 2. The molecule has 0 atom stereocenters. The number of rotatable bonds is 4. The molecule has 5 nitrogen and oxygen atoms in total. The highest BCUT2D eigenvalue weighted by molar-refractivity contribution is 6.43. The van der Waals surface area contributed by atoms with Gasteiger partial charge in [-0.1, -0.05) is 52.0 Å². The average molecular weight is 349 g/mol. The minimum absolute atomic E-state index is 0.208.